The molecule has 0 N–H and O–H groups in total. The highest BCUT2D eigenvalue weighted by Crippen LogP contribution is 2.24. The number of aromatic nitrogens is 2. The first-order valence-corrected chi connectivity index (χ1v) is 6.66. The Bertz CT molecular complexity index is 604. The SMILES string of the molecule is CN(Cc1cccc(OC(F)(F)F)c1)c1ncc(Br)cn1. The lowest BCUT2D eigenvalue weighted by Gasteiger charge is -2.17. The van der Waals surface area contributed by atoms with Crippen LogP contribution in [0.25, 0.3) is 0 Å². The van der Waals surface area contributed by atoms with E-state index in [0.717, 1.165) is 4.47 Å². The van der Waals surface area contributed by atoms with Crippen molar-refractivity contribution < 1.29 is 17.9 Å². The van der Waals surface area contributed by atoms with Gasteiger partial charge in [-0.15, -0.1) is 13.2 Å². The average molecular weight is 362 g/mol. The minimum Gasteiger partial charge on any atom is -0.406 e. The van der Waals surface area contributed by atoms with E-state index in [1.165, 1.54) is 18.2 Å². The average Bonchev–Trinajstić information content (AvgIpc) is 2.37. The summed E-state index contributed by atoms with van der Waals surface area (Å²) in [6.45, 7) is 0.358. The zero-order chi connectivity index (χ0) is 15.5. The van der Waals surface area contributed by atoms with E-state index in [9.17, 15) is 13.2 Å². The van der Waals surface area contributed by atoms with Crippen molar-refractivity contribution in [1.29, 1.82) is 0 Å². The summed E-state index contributed by atoms with van der Waals surface area (Å²) in [6, 6.07) is 5.81. The number of hydrogen-bond acceptors (Lipinski definition) is 4. The largest absolute Gasteiger partial charge is 0.573 e. The number of halogens is 4. The normalized spacial score (nSPS) is 11.3. The Kier molecular flexibility index (Phi) is 4.66. The highest BCUT2D eigenvalue weighted by atomic mass is 79.9. The molecule has 0 radical (unpaired) electrons. The standard InChI is InChI=1S/C13H11BrF3N3O/c1-20(12-18-6-10(14)7-19-12)8-9-3-2-4-11(5-9)21-13(15,16)17/h2-7H,8H2,1H3. The van der Waals surface area contributed by atoms with E-state index in [4.69, 9.17) is 0 Å². The van der Waals surface area contributed by atoms with E-state index in [1.807, 2.05) is 0 Å². The van der Waals surface area contributed by atoms with Crippen molar-refractivity contribution in [2.45, 2.75) is 12.9 Å². The number of benzene rings is 1. The fourth-order valence-corrected chi connectivity index (χ4v) is 1.89. The van der Waals surface area contributed by atoms with Crippen LogP contribution in [0.3, 0.4) is 0 Å². The van der Waals surface area contributed by atoms with Gasteiger partial charge in [0.05, 0.1) is 4.47 Å². The third-order valence-corrected chi connectivity index (χ3v) is 2.91. The molecule has 8 heteroatoms. The molecule has 0 aliphatic heterocycles. The van der Waals surface area contributed by atoms with Crippen LogP contribution >= 0.6 is 15.9 Å². The Labute approximate surface area is 127 Å². The van der Waals surface area contributed by atoms with Crippen molar-refractivity contribution >= 4 is 21.9 Å². The molecule has 0 saturated heterocycles. The van der Waals surface area contributed by atoms with Gasteiger partial charge in [0.25, 0.3) is 0 Å². The van der Waals surface area contributed by atoms with Gasteiger partial charge in [-0.2, -0.15) is 0 Å². The summed E-state index contributed by atoms with van der Waals surface area (Å²) >= 11 is 3.23. The van der Waals surface area contributed by atoms with Crippen molar-refractivity contribution in [2.24, 2.45) is 0 Å². The molecule has 0 amide bonds. The molecule has 0 aliphatic carbocycles. The van der Waals surface area contributed by atoms with Gasteiger partial charge in [-0.05, 0) is 33.6 Å². The molecule has 21 heavy (non-hydrogen) atoms. The van der Waals surface area contributed by atoms with Gasteiger partial charge < -0.3 is 9.64 Å². The first-order chi connectivity index (χ1) is 9.83. The predicted molar refractivity (Wildman–Crippen MR) is 75.0 cm³/mol. The summed E-state index contributed by atoms with van der Waals surface area (Å²) in [7, 11) is 1.75. The van der Waals surface area contributed by atoms with Crippen molar-refractivity contribution in [2.75, 3.05) is 11.9 Å². The van der Waals surface area contributed by atoms with E-state index >= 15 is 0 Å². The maximum atomic E-state index is 12.2. The molecule has 0 atom stereocenters. The topological polar surface area (TPSA) is 38.2 Å². The fraction of sp³-hybridized carbons (Fsp3) is 0.231. The van der Waals surface area contributed by atoms with Crippen molar-refractivity contribution in [3.63, 3.8) is 0 Å². The zero-order valence-corrected chi connectivity index (χ0v) is 12.5. The van der Waals surface area contributed by atoms with Crippen LogP contribution in [-0.2, 0) is 6.54 Å². The molecule has 2 rings (SSSR count). The number of ether oxygens (including phenoxy) is 1. The minimum atomic E-state index is -4.70. The van der Waals surface area contributed by atoms with Gasteiger partial charge in [-0.3, -0.25) is 0 Å². The van der Waals surface area contributed by atoms with Gasteiger partial charge in [0.15, 0.2) is 0 Å². The summed E-state index contributed by atoms with van der Waals surface area (Å²) in [6.07, 6.45) is -1.50. The lowest BCUT2D eigenvalue weighted by molar-refractivity contribution is -0.274. The Morgan fingerprint density at radius 1 is 1.24 bits per heavy atom. The van der Waals surface area contributed by atoms with Gasteiger partial charge in [0, 0.05) is 26.0 Å². The molecule has 0 unspecified atom stereocenters. The third-order valence-electron chi connectivity index (χ3n) is 2.50. The number of alkyl halides is 3. The van der Waals surface area contributed by atoms with Crippen LogP contribution in [0.5, 0.6) is 5.75 Å². The van der Waals surface area contributed by atoms with Crippen LogP contribution in [-0.4, -0.2) is 23.4 Å². The van der Waals surface area contributed by atoms with Crippen molar-refractivity contribution in [1.82, 2.24) is 9.97 Å². The lowest BCUT2D eigenvalue weighted by atomic mass is 10.2. The van der Waals surface area contributed by atoms with Gasteiger partial charge in [0.1, 0.15) is 5.75 Å². The number of rotatable bonds is 4. The van der Waals surface area contributed by atoms with E-state index < -0.39 is 6.36 Å². The van der Waals surface area contributed by atoms with E-state index in [1.54, 1.807) is 30.4 Å². The Balaban J connectivity index is 2.08. The van der Waals surface area contributed by atoms with Crippen LogP contribution in [0.4, 0.5) is 19.1 Å². The Morgan fingerprint density at radius 3 is 2.52 bits per heavy atom. The smallest absolute Gasteiger partial charge is 0.406 e. The van der Waals surface area contributed by atoms with Crippen LogP contribution in [0.1, 0.15) is 5.56 Å². The lowest BCUT2D eigenvalue weighted by Crippen LogP contribution is -2.20. The molecule has 0 aliphatic rings. The molecule has 2 aromatic rings. The summed E-state index contributed by atoms with van der Waals surface area (Å²) in [5, 5.41) is 0. The molecule has 1 aromatic heterocycles. The number of hydrogen-bond donors (Lipinski definition) is 0. The maximum absolute atomic E-state index is 12.2. The van der Waals surface area contributed by atoms with Crippen molar-refractivity contribution in [3.05, 3.63) is 46.7 Å². The molecule has 0 saturated carbocycles. The zero-order valence-electron chi connectivity index (χ0n) is 10.9. The highest BCUT2D eigenvalue weighted by molar-refractivity contribution is 9.10. The van der Waals surface area contributed by atoms with Gasteiger partial charge in [-0.1, -0.05) is 12.1 Å². The molecule has 0 spiro atoms. The van der Waals surface area contributed by atoms with Crippen LogP contribution in [0.2, 0.25) is 0 Å². The van der Waals surface area contributed by atoms with E-state index in [-0.39, 0.29) is 5.75 Å². The first-order valence-electron chi connectivity index (χ1n) is 5.87. The van der Waals surface area contributed by atoms with Crippen LogP contribution in [0.15, 0.2) is 41.1 Å². The molecule has 1 aromatic carbocycles. The fourth-order valence-electron chi connectivity index (χ4n) is 1.69. The molecule has 112 valence electrons. The Hall–Kier alpha value is -1.83. The Morgan fingerprint density at radius 2 is 1.90 bits per heavy atom. The molecule has 0 bridgehead atoms. The maximum Gasteiger partial charge on any atom is 0.573 e. The van der Waals surface area contributed by atoms with Crippen LogP contribution < -0.4 is 9.64 Å². The van der Waals surface area contributed by atoms with Crippen LogP contribution in [0, 0.1) is 0 Å². The summed E-state index contributed by atoms with van der Waals surface area (Å²) in [4.78, 5) is 9.95. The van der Waals surface area contributed by atoms with E-state index in [2.05, 4.69) is 30.6 Å². The summed E-state index contributed by atoms with van der Waals surface area (Å²) in [5.41, 5.74) is 0.658. The molecular formula is C13H11BrF3N3O. The molecule has 0 fully saturated rings. The quantitative estimate of drug-likeness (QED) is 0.830. The summed E-state index contributed by atoms with van der Waals surface area (Å²) < 4.78 is 41.2. The van der Waals surface area contributed by atoms with Gasteiger partial charge in [-0.25, -0.2) is 9.97 Å². The molecule has 4 nitrogen and oxygen atoms in total. The van der Waals surface area contributed by atoms with E-state index in [0.29, 0.717) is 18.1 Å². The van der Waals surface area contributed by atoms with Crippen molar-refractivity contribution in [3.8, 4) is 5.75 Å². The highest BCUT2D eigenvalue weighted by Gasteiger charge is 2.31. The first kappa shape index (κ1) is 15.6. The molecular weight excluding hydrogens is 351 g/mol. The second kappa shape index (κ2) is 6.30. The number of anilines is 1. The third kappa shape index (κ3) is 4.89. The summed E-state index contributed by atoms with van der Waals surface area (Å²) in [5.74, 6) is 0.227. The van der Waals surface area contributed by atoms with Gasteiger partial charge in [0.2, 0.25) is 5.95 Å². The second-order valence-electron chi connectivity index (χ2n) is 4.25. The second-order valence-corrected chi connectivity index (χ2v) is 5.17. The predicted octanol–water partition coefficient (Wildman–Crippen LogP) is 3.77. The monoisotopic (exact) mass is 361 g/mol. The minimum absolute atomic E-state index is 0.245. The van der Waals surface area contributed by atoms with Gasteiger partial charge >= 0.3 is 6.36 Å². The number of nitrogens with zero attached hydrogens (tertiary/aromatic N) is 3. The molecule has 1 heterocycles.